The van der Waals surface area contributed by atoms with E-state index in [4.69, 9.17) is 5.73 Å². The van der Waals surface area contributed by atoms with Crippen molar-refractivity contribution in [1.29, 1.82) is 0 Å². The summed E-state index contributed by atoms with van der Waals surface area (Å²) in [6.07, 6.45) is 0. The van der Waals surface area contributed by atoms with E-state index >= 15 is 0 Å². The number of nitrogens with one attached hydrogen (secondary N) is 1. The van der Waals surface area contributed by atoms with Crippen molar-refractivity contribution in [2.75, 3.05) is 5.73 Å². The normalized spacial score (nSPS) is 14.8. The molecule has 0 fully saturated rings. The van der Waals surface area contributed by atoms with Crippen molar-refractivity contribution in [3.05, 3.63) is 47.5 Å². The van der Waals surface area contributed by atoms with Crippen LogP contribution in [0.15, 0.2) is 41.6 Å². The van der Waals surface area contributed by atoms with Crippen molar-refractivity contribution in [2.45, 2.75) is 0 Å². The van der Waals surface area contributed by atoms with Gasteiger partial charge in [-0.1, -0.05) is 29.4 Å². The molecule has 1 aliphatic rings. The first-order valence-electron chi connectivity index (χ1n) is 5.89. The molecule has 1 aromatic heterocycles. The Kier molecular flexibility index (Phi) is 1.79. The van der Waals surface area contributed by atoms with Crippen LogP contribution < -0.4 is 5.73 Å². The lowest BCUT2D eigenvalue weighted by molar-refractivity contribution is 0.320. The SMILES string of the molecule is Nc1nc2cc3c(cc2[nH]1)-c1ccccc1/C3=N\O. The molecule has 0 aliphatic heterocycles. The van der Waals surface area contributed by atoms with Crippen LogP contribution in [0.5, 0.6) is 0 Å². The van der Waals surface area contributed by atoms with E-state index in [0.29, 0.717) is 11.7 Å². The lowest BCUT2D eigenvalue weighted by Gasteiger charge is -1.99. The van der Waals surface area contributed by atoms with Gasteiger partial charge in [-0.3, -0.25) is 0 Å². The van der Waals surface area contributed by atoms with Crippen molar-refractivity contribution in [3.8, 4) is 11.1 Å². The van der Waals surface area contributed by atoms with Crippen LogP contribution in [0.2, 0.25) is 0 Å². The van der Waals surface area contributed by atoms with E-state index in [1.54, 1.807) is 0 Å². The van der Waals surface area contributed by atoms with Crippen molar-refractivity contribution in [3.63, 3.8) is 0 Å². The minimum absolute atomic E-state index is 0.384. The molecule has 0 atom stereocenters. The summed E-state index contributed by atoms with van der Waals surface area (Å²) in [4.78, 5) is 7.22. The molecule has 0 radical (unpaired) electrons. The van der Waals surface area contributed by atoms with E-state index in [2.05, 4.69) is 15.1 Å². The van der Waals surface area contributed by atoms with Gasteiger partial charge >= 0.3 is 0 Å². The first-order chi connectivity index (χ1) is 9.28. The molecule has 5 nitrogen and oxygen atoms in total. The third-order valence-corrected chi connectivity index (χ3v) is 3.47. The molecule has 3 aromatic rings. The molecule has 1 aliphatic carbocycles. The van der Waals surface area contributed by atoms with Crippen LogP contribution in [-0.2, 0) is 0 Å². The molecular formula is C14H10N4O. The van der Waals surface area contributed by atoms with E-state index in [1.165, 1.54) is 0 Å². The van der Waals surface area contributed by atoms with Gasteiger partial charge in [-0.05, 0) is 23.3 Å². The van der Waals surface area contributed by atoms with Gasteiger partial charge in [-0.2, -0.15) is 0 Å². The first-order valence-corrected chi connectivity index (χ1v) is 5.89. The molecule has 0 spiro atoms. The Balaban J connectivity index is 2.13. The van der Waals surface area contributed by atoms with Gasteiger partial charge in [0.15, 0.2) is 5.95 Å². The number of benzene rings is 2. The second kappa shape index (κ2) is 3.35. The highest BCUT2D eigenvalue weighted by molar-refractivity contribution is 6.25. The maximum atomic E-state index is 9.27. The predicted octanol–water partition coefficient (Wildman–Crippen LogP) is 2.35. The molecule has 0 amide bonds. The van der Waals surface area contributed by atoms with Crippen LogP contribution in [0, 0.1) is 0 Å². The number of imidazole rings is 1. The number of aromatic amines is 1. The molecule has 4 rings (SSSR count). The van der Waals surface area contributed by atoms with Crippen LogP contribution >= 0.6 is 0 Å². The Morgan fingerprint density at radius 2 is 1.84 bits per heavy atom. The summed E-state index contributed by atoms with van der Waals surface area (Å²) in [6, 6.07) is 11.7. The zero-order valence-electron chi connectivity index (χ0n) is 9.88. The number of hydrogen-bond acceptors (Lipinski definition) is 4. The number of nitrogens with two attached hydrogens (primary N) is 1. The zero-order valence-corrected chi connectivity index (χ0v) is 9.88. The second-order valence-corrected chi connectivity index (χ2v) is 4.53. The number of nitrogen functional groups attached to an aromatic ring is 1. The Morgan fingerprint density at radius 3 is 2.63 bits per heavy atom. The van der Waals surface area contributed by atoms with Crippen LogP contribution in [0.25, 0.3) is 22.2 Å². The molecular weight excluding hydrogens is 240 g/mol. The fraction of sp³-hybridized carbons (Fsp3) is 0. The van der Waals surface area contributed by atoms with Gasteiger partial charge in [-0.15, -0.1) is 0 Å². The number of rotatable bonds is 0. The largest absolute Gasteiger partial charge is 0.410 e. The number of H-pyrrole nitrogens is 1. The van der Waals surface area contributed by atoms with E-state index in [1.807, 2.05) is 36.4 Å². The first kappa shape index (κ1) is 10.1. The molecule has 0 saturated carbocycles. The summed E-state index contributed by atoms with van der Waals surface area (Å²) in [5.41, 5.74) is 11.8. The fourth-order valence-electron chi connectivity index (χ4n) is 2.67. The van der Waals surface area contributed by atoms with Crippen LogP contribution in [0.3, 0.4) is 0 Å². The maximum Gasteiger partial charge on any atom is 0.198 e. The topological polar surface area (TPSA) is 87.3 Å². The number of aromatic nitrogens is 2. The standard InChI is InChI=1S/C14H10N4O/c15-14-16-11-5-9-7-3-1-2-4-8(7)13(18-19)10(9)6-12(11)17-14/h1-6,19H,(H3,15,16,17)/b18-13+. The van der Waals surface area contributed by atoms with Crippen LogP contribution in [0.1, 0.15) is 11.1 Å². The third-order valence-electron chi connectivity index (χ3n) is 3.47. The Hall–Kier alpha value is -2.82. The minimum atomic E-state index is 0.384. The van der Waals surface area contributed by atoms with Crippen molar-refractivity contribution >= 4 is 22.7 Å². The molecule has 2 aromatic carbocycles. The minimum Gasteiger partial charge on any atom is -0.410 e. The number of oxime groups is 1. The van der Waals surface area contributed by atoms with E-state index in [9.17, 15) is 5.21 Å². The van der Waals surface area contributed by atoms with Gasteiger partial charge in [-0.25, -0.2) is 4.98 Å². The smallest absolute Gasteiger partial charge is 0.198 e. The van der Waals surface area contributed by atoms with Gasteiger partial charge in [0.2, 0.25) is 0 Å². The lowest BCUT2D eigenvalue weighted by Crippen LogP contribution is -1.97. The molecule has 92 valence electrons. The Morgan fingerprint density at radius 1 is 1.05 bits per heavy atom. The number of nitrogens with zero attached hydrogens (tertiary/aromatic N) is 2. The average molecular weight is 250 g/mol. The number of hydrogen-bond donors (Lipinski definition) is 3. The molecule has 1 heterocycles. The molecule has 19 heavy (non-hydrogen) atoms. The van der Waals surface area contributed by atoms with Gasteiger partial charge in [0, 0.05) is 11.1 Å². The highest BCUT2D eigenvalue weighted by Crippen LogP contribution is 2.38. The van der Waals surface area contributed by atoms with E-state index < -0.39 is 0 Å². The van der Waals surface area contributed by atoms with Crippen LogP contribution in [0.4, 0.5) is 5.95 Å². The monoisotopic (exact) mass is 250 g/mol. The van der Waals surface area contributed by atoms with E-state index in [-0.39, 0.29) is 0 Å². The van der Waals surface area contributed by atoms with Gasteiger partial charge < -0.3 is 15.9 Å². The Labute approximate surface area is 108 Å². The number of fused-ring (bicyclic) bond motifs is 4. The van der Waals surface area contributed by atoms with E-state index in [0.717, 1.165) is 33.3 Å². The second-order valence-electron chi connectivity index (χ2n) is 4.53. The lowest BCUT2D eigenvalue weighted by atomic mass is 10.1. The number of anilines is 1. The predicted molar refractivity (Wildman–Crippen MR) is 73.4 cm³/mol. The highest BCUT2D eigenvalue weighted by atomic mass is 16.4. The maximum absolute atomic E-state index is 9.27. The third kappa shape index (κ3) is 1.24. The molecule has 0 saturated heterocycles. The van der Waals surface area contributed by atoms with Gasteiger partial charge in [0.05, 0.1) is 11.0 Å². The molecule has 0 unspecified atom stereocenters. The fourth-order valence-corrected chi connectivity index (χ4v) is 2.67. The summed E-state index contributed by atoms with van der Waals surface area (Å²) < 4.78 is 0. The summed E-state index contributed by atoms with van der Waals surface area (Å²) in [5.74, 6) is 0.384. The van der Waals surface area contributed by atoms with Crippen molar-refractivity contribution < 1.29 is 5.21 Å². The molecule has 0 bridgehead atoms. The highest BCUT2D eigenvalue weighted by Gasteiger charge is 2.26. The van der Waals surface area contributed by atoms with Gasteiger partial charge in [0.1, 0.15) is 5.71 Å². The average Bonchev–Trinajstić information content (AvgIpc) is 2.92. The Bertz CT molecular complexity index is 848. The summed E-state index contributed by atoms with van der Waals surface area (Å²) in [7, 11) is 0. The van der Waals surface area contributed by atoms with Gasteiger partial charge in [0.25, 0.3) is 0 Å². The quantitative estimate of drug-likeness (QED) is 0.330. The summed E-state index contributed by atoms with van der Waals surface area (Å²) in [5, 5.41) is 12.7. The van der Waals surface area contributed by atoms with Crippen molar-refractivity contribution in [2.24, 2.45) is 5.16 Å². The van der Waals surface area contributed by atoms with Crippen molar-refractivity contribution in [1.82, 2.24) is 9.97 Å². The van der Waals surface area contributed by atoms with Crippen LogP contribution in [-0.4, -0.2) is 20.9 Å². The molecule has 4 N–H and O–H groups in total. The zero-order chi connectivity index (χ0) is 13.0. The summed E-state index contributed by atoms with van der Waals surface area (Å²) >= 11 is 0. The summed E-state index contributed by atoms with van der Waals surface area (Å²) in [6.45, 7) is 0. The molecule has 5 heteroatoms.